The van der Waals surface area contributed by atoms with Gasteiger partial charge in [0, 0.05) is 44.9 Å². The van der Waals surface area contributed by atoms with E-state index in [0.717, 1.165) is 25.7 Å². The van der Waals surface area contributed by atoms with Crippen LogP contribution in [0.15, 0.2) is 0 Å². The molecule has 0 aromatic heterocycles. The second-order valence-electron chi connectivity index (χ2n) is 5.01. The van der Waals surface area contributed by atoms with E-state index in [1.165, 1.54) is 0 Å². The number of nitriles is 2. The summed E-state index contributed by atoms with van der Waals surface area (Å²) in [6.45, 7) is 2.90. The zero-order valence-electron chi connectivity index (χ0n) is 11.6. The highest BCUT2D eigenvalue weighted by molar-refractivity contribution is 5.73. The summed E-state index contributed by atoms with van der Waals surface area (Å²) in [5.41, 5.74) is 0. The summed E-state index contributed by atoms with van der Waals surface area (Å²) in [4.78, 5) is 13.5. The summed E-state index contributed by atoms with van der Waals surface area (Å²) in [6, 6.07) is 4.73. The van der Waals surface area contributed by atoms with Crippen LogP contribution in [0.4, 0.5) is 0 Å². The van der Waals surface area contributed by atoms with Crippen LogP contribution in [0.2, 0.25) is 0 Å². The molecule has 104 valence electrons. The number of nitrogens with one attached hydrogen (secondary N) is 1. The third kappa shape index (κ3) is 5.28. The molecule has 1 rings (SSSR count). The Hall–Kier alpha value is -1.59. The number of carbonyl (C=O) groups excluding carboxylic acids is 1. The predicted octanol–water partition coefficient (Wildman–Crippen LogP) is 1.56. The van der Waals surface area contributed by atoms with Crippen LogP contribution in [0.25, 0.3) is 0 Å². The molecule has 0 aromatic rings. The standard InChI is InChI=1S/C14H22N4O/c1-12(19)17-13-6-2-3-7-14(13)18(10-4-8-15)11-5-9-16/h13-14H,2-7,10-11H2,1H3,(H,17,19). The van der Waals surface area contributed by atoms with Crippen LogP contribution in [-0.2, 0) is 4.79 Å². The summed E-state index contributed by atoms with van der Waals surface area (Å²) < 4.78 is 0. The first-order valence-corrected chi connectivity index (χ1v) is 6.94. The van der Waals surface area contributed by atoms with Crippen molar-refractivity contribution in [3.8, 4) is 12.1 Å². The molecule has 1 aliphatic rings. The van der Waals surface area contributed by atoms with Gasteiger partial charge < -0.3 is 5.32 Å². The zero-order chi connectivity index (χ0) is 14.1. The summed E-state index contributed by atoms with van der Waals surface area (Å²) in [7, 11) is 0. The van der Waals surface area contributed by atoms with Gasteiger partial charge >= 0.3 is 0 Å². The Morgan fingerprint density at radius 1 is 1.21 bits per heavy atom. The second kappa shape index (κ2) is 8.50. The van der Waals surface area contributed by atoms with Crippen LogP contribution in [-0.4, -0.2) is 36.0 Å². The Labute approximate surface area is 115 Å². The van der Waals surface area contributed by atoms with E-state index in [4.69, 9.17) is 10.5 Å². The molecule has 19 heavy (non-hydrogen) atoms. The quantitative estimate of drug-likeness (QED) is 0.787. The number of hydrogen-bond donors (Lipinski definition) is 1. The number of nitrogens with zero attached hydrogens (tertiary/aromatic N) is 3. The number of carbonyl (C=O) groups is 1. The molecule has 0 spiro atoms. The van der Waals surface area contributed by atoms with Crippen molar-refractivity contribution in [2.24, 2.45) is 0 Å². The third-order valence-corrected chi connectivity index (χ3v) is 3.61. The minimum absolute atomic E-state index is 0.00239. The van der Waals surface area contributed by atoms with E-state index < -0.39 is 0 Å². The molecule has 0 bridgehead atoms. The highest BCUT2D eigenvalue weighted by Crippen LogP contribution is 2.23. The zero-order valence-corrected chi connectivity index (χ0v) is 11.6. The summed E-state index contributed by atoms with van der Waals surface area (Å²) in [5.74, 6) is -0.00239. The molecule has 0 aromatic carbocycles. The van der Waals surface area contributed by atoms with Gasteiger partial charge in [-0.25, -0.2) is 0 Å². The van der Waals surface area contributed by atoms with Crippen molar-refractivity contribution in [3.63, 3.8) is 0 Å². The van der Waals surface area contributed by atoms with E-state index in [9.17, 15) is 4.79 Å². The minimum atomic E-state index is -0.00239. The topological polar surface area (TPSA) is 79.9 Å². The van der Waals surface area contributed by atoms with Crippen molar-refractivity contribution in [3.05, 3.63) is 0 Å². The summed E-state index contributed by atoms with van der Waals surface area (Å²) in [6.07, 6.45) is 5.23. The van der Waals surface area contributed by atoms with Gasteiger partial charge in [-0.3, -0.25) is 9.69 Å². The molecule has 0 radical (unpaired) electrons. The highest BCUT2D eigenvalue weighted by atomic mass is 16.1. The average Bonchev–Trinajstić information content (AvgIpc) is 2.39. The molecule has 2 atom stereocenters. The van der Waals surface area contributed by atoms with Gasteiger partial charge in [0.2, 0.25) is 5.91 Å². The van der Waals surface area contributed by atoms with Gasteiger partial charge in [0.1, 0.15) is 0 Å². The molecule has 0 heterocycles. The van der Waals surface area contributed by atoms with Crippen LogP contribution in [0.1, 0.15) is 45.4 Å². The van der Waals surface area contributed by atoms with Gasteiger partial charge in [-0.2, -0.15) is 10.5 Å². The molecule has 1 aliphatic carbocycles. The summed E-state index contributed by atoms with van der Waals surface area (Å²) >= 11 is 0. The molecule has 1 N–H and O–H groups in total. The van der Waals surface area contributed by atoms with Gasteiger partial charge in [-0.15, -0.1) is 0 Å². The van der Waals surface area contributed by atoms with Crippen molar-refractivity contribution in [1.82, 2.24) is 10.2 Å². The van der Waals surface area contributed by atoms with E-state index in [1.807, 2.05) is 0 Å². The first-order valence-electron chi connectivity index (χ1n) is 6.94. The fourth-order valence-corrected chi connectivity index (χ4v) is 2.81. The van der Waals surface area contributed by atoms with Crippen LogP contribution >= 0.6 is 0 Å². The van der Waals surface area contributed by atoms with Crippen molar-refractivity contribution in [2.45, 2.75) is 57.5 Å². The molecular formula is C14H22N4O. The Balaban J connectivity index is 2.68. The number of amides is 1. The van der Waals surface area contributed by atoms with E-state index in [1.54, 1.807) is 6.92 Å². The largest absolute Gasteiger partial charge is 0.352 e. The maximum Gasteiger partial charge on any atom is 0.217 e. The lowest BCUT2D eigenvalue weighted by molar-refractivity contribution is -0.120. The molecule has 0 saturated heterocycles. The summed E-state index contributed by atoms with van der Waals surface area (Å²) in [5, 5.41) is 20.5. The first kappa shape index (κ1) is 15.5. The molecular weight excluding hydrogens is 240 g/mol. The Kier molecular flexibility index (Phi) is 6.92. The van der Waals surface area contributed by atoms with Crippen LogP contribution < -0.4 is 5.32 Å². The first-order chi connectivity index (χ1) is 9.19. The number of rotatable bonds is 6. The molecule has 1 fully saturated rings. The monoisotopic (exact) mass is 262 g/mol. The Morgan fingerprint density at radius 3 is 2.32 bits per heavy atom. The van der Waals surface area contributed by atoms with Gasteiger partial charge in [0.25, 0.3) is 0 Å². The van der Waals surface area contributed by atoms with Gasteiger partial charge in [0.05, 0.1) is 12.1 Å². The molecule has 5 nitrogen and oxygen atoms in total. The second-order valence-corrected chi connectivity index (χ2v) is 5.01. The SMILES string of the molecule is CC(=O)NC1CCCCC1N(CCC#N)CCC#N. The Morgan fingerprint density at radius 2 is 1.79 bits per heavy atom. The van der Waals surface area contributed by atoms with E-state index in [0.29, 0.717) is 25.9 Å². The fraction of sp³-hybridized carbons (Fsp3) is 0.786. The Bertz CT molecular complexity index is 351. The molecule has 5 heteroatoms. The minimum Gasteiger partial charge on any atom is -0.352 e. The fourth-order valence-electron chi connectivity index (χ4n) is 2.81. The maximum atomic E-state index is 11.3. The third-order valence-electron chi connectivity index (χ3n) is 3.61. The maximum absolute atomic E-state index is 11.3. The average molecular weight is 262 g/mol. The number of hydrogen-bond acceptors (Lipinski definition) is 4. The predicted molar refractivity (Wildman–Crippen MR) is 71.9 cm³/mol. The smallest absolute Gasteiger partial charge is 0.217 e. The van der Waals surface area contributed by atoms with E-state index >= 15 is 0 Å². The van der Waals surface area contributed by atoms with Crippen molar-refractivity contribution in [2.75, 3.05) is 13.1 Å². The highest BCUT2D eigenvalue weighted by Gasteiger charge is 2.30. The van der Waals surface area contributed by atoms with E-state index in [-0.39, 0.29) is 18.0 Å². The van der Waals surface area contributed by atoms with Crippen molar-refractivity contribution in [1.29, 1.82) is 10.5 Å². The lowest BCUT2D eigenvalue weighted by Gasteiger charge is -2.39. The van der Waals surface area contributed by atoms with Crippen molar-refractivity contribution < 1.29 is 4.79 Å². The molecule has 1 amide bonds. The molecule has 1 saturated carbocycles. The van der Waals surface area contributed by atoms with Gasteiger partial charge in [0.15, 0.2) is 0 Å². The normalized spacial score (nSPS) is 22.5. The lowest BCUT2D eigenvalue weighted by atomic mass is 9.88. The van der Waals surface area contributed by atoms with Crippen LogP contribution in [0, 0.1) is 22.7 Å². The van der Waals surface area contributed by atoms with E-state index in [2.05, 4.69) is 22.4 Å². The van der Waals surface area contributed by atoms with Gasteiger partial charge in [-0.05, 0) is 12.8 Å². The molecule has 0 aliphatic heterocycles. The van der Waals surface area contributed by atoms with Crippen LogP contribution in [0.3, 0.4) is 0 Å². The van der Waals surface area contributed by atoms with Crippen LogP contribution in [0.5, 0.6) is 0 Å². The molecule has 2 unspecified atom stereocenters. The van der Waals surface area contributed by atoms with Crippen molar-refractivity contribution >= 4 is 5.91 Å². The lowest BCUT2D eigenvalue weighted by Crippen LogP contribution is -2.53. The van der Waals surface area contributed by atoms with Gasteiger partial charge in [-0.1, -0.05) is 12.8 Å².